The lowest BCUT2D eigenvalue weighted by molar-refractivity contribution is -0.117. The van der Waals surface area contributed by atoms with Crippen molar-refractivity contribution in [1.29, 1.82) is 5.26 Å². The third kappa shape index (κ3) is 4.69. The average molecular weight is 297 g/mol. The average Bonchev–Trinajstić information content (AvgIpc) is 2.50. The second-order valence-electron chi connectivity index (χ2n) is 5.04. The van der Waals surface area contributed by atoms with Crippen molar-refractivity contribution in [2.24, 2.45) is 0 Å². The summed E-state index contributed by atoms with van der Waals surface area (Å²) < 4.78 is 12.8. The Morgan fingerprint density at radius 1 is 1.18 bits per heavy atom. The van der Waals surface area contributed by atoms with Gasteiger partial charge in [-0.1, -0.05) is 12.1 Å². The molecule has 4 nitrogen and oxygen atoms in total. The maximum absolute atomic E-state index is 12.8. The monoisotopic (exact) mass is 297 g/mol. The summed E-state index contributed by atoms with van der Waals surface area (Å²) in [7, 11) is 1.84. The van der Waals surface area contributed by atoms with E-state index in [0.29, 0.717) is 17.8 Å². The lowest BCUT2D eigenvalue weighted by atomic mass is 10.1. The number of halogens is 1. The lowest BCUT2D eigenvalue weighted by Crippen LogP contribution is -2.29. The Morgan fingerprint density at radius 3 is 2.41 bits per heavy atom. The minimum absolute atomic E-state index is 0.164. The zero-order valence-corrected chi connectivity index (χ0v) is 12.2. The molecule has 2 aromatic carbocycles. The highest BCUT2D eigenvalue weighted by molar-refractivity contribution is 5.92. The highest BCUT2D eigenvalue weighted by atomic mass is 19.1. The summed E-state index contributed by atoms with van der Waals surface area (Å²) in [5.41, 5.74) is 2.20. The first-order valence-corrected chi connectivity index (χ1v) is 6.80. The van der Waals surface area contributed by atoms with Gasteiger partial charge >= 0.3 is 0 Å². The van der Waals surface area contributed by atoms with Gasteiger partial charge in [0.25, 0.3) is 0 Å². The number of nitriles is 1. The van der Waals surface area contributed by atoms with E-state index in [0.717, 1.165) is 5.56 Å². The summed E-state index contributed by atoms with van der Waals surface area (Å²) in [6.45, 7) is 0.819. The Labute approximate surface area is 128 Å². The van der Waals surface area contributed by atoms with Gasteiger partial charge in [-0.3, -0.25) is 9.69 Å². The van der Waals surface area contributed by atoms with Crippen LogP contribution in [0, 0.1) is 17.1 Å². The molecule has 0 atom stereocenters. The molecule has 0 bridgehead atoms. The smallest absolute Gasteiger partial charge is 0.238 e. The minimum Gasteiger partial charge on any atom is -0.325 e. The van der Waals surface area contributed by atoms with Crippen molar-refractivity contribution in [3.05, 3.63) is 65.5 Å². The van der Waals surface area contributed by atoms with E-state index < -0.39 is 0 Å². The van der Waals surface area contributed by atoms with E-state index in [-0.39, 0.29) is 18.3 Å². The first kappa shape index (κ1) is 15.7. The van der Waals surface area contributed by atoms with Gasteiger partial charge in [0.2, 0.25) is 5.91 Å². The van der Waals surface area contributed by atoms with Crippen LogP contribution in [0.4, 0.5) is 10.1 Å². The third-order valence-electron chi connectivity index (χ3n) is 3.08. The molecule has 0 radical (unpaired) electrons. The molecule has 0 fully saturated rings. The molecule has 5 heteroatoms. The molecule has 0 saturated heterocycles. The number of nitrogens with one attached hydrogen (secondary N) is 1. The van der Waals surface area contributed by atoms with E-state index in [9.17, 15) is 9.18 Å². The molecule has 0 spiro atoms. The summed E-state index contributed by atoms with van der Waals surface area (Å²) in [6, 6.07) is 15.0. The van der Waals surface area contributed by atoms with Crippen LogP contribution in [0.15, 0.2) is 48.5 Å². The first-order chi connectivity index (χ1) is 10.6. The lowest BCUT2D eigenvalue weighted by Gasteiger charge is -2.16. The van der Waals surface area contributed by atoms with Crippen molar-refractivity contribution >= 4 is 11.6 Å². The van der Waals surface area contributed by atoms with Crippen molar-refractivity contribution in [3.8, 4) is 6.07 Å². The van der Waals surface area contributed by atoms with Crippen molar-refractivity contribution < 1.29 is 9.18 Å². The number of carbonyl (C=O) groups is 1. The fraction of sp³-hybridized carbons (Fsp3) is 0.176. The molecule has 2 rings (SSSR count). The standard InChI is InChI=1S/C17H16FN3O/c1-21(11-14-4-2-13(10-19)3-5-14)12-17(22)20-16-8-6-15(18)7-9-16/h2-9H,11-12H2,1H3,(H,20,22). The summed E-state index contributed by atoms with van der Waals surface area (Å²) in [4.78, 5) is 13.8. The first-order valence-electron chi connectivity index (χ1n) is 6.80. The Kier molecular flexibility index (Phi) is 5.23. The molecule has 112 valence electrons. The Morgan fingerprint density at radius 2 is 1.82 bits per heavy atom. The van der Waals surface area contributed by atoms with Gasteiger partial charge < -0.3 is 5.32 Å². The number of rotatable bonds is 5. The van der Waals surface area contributed by atoms with Crippen molar-refractivity contribution in [3.63, 3.8) is 0 Å². The van der Waals surface area contributed by atoms with Gasteiger partial charge in [0.05, 0.1) is 18.2 Å². The number of nitrogens with zero attached hydrogens (tertiary/aromatic N) is 2. The van der Waals surface area contributed by atoms with Gasteiger partial charge in [0.1, 0.15) is 5.82 Å². The normalized spacial score (nSPS) is 10.3. The topological polar surface area (TPSA) is 56.1 Å². The Hall–Kier alpha value is -2.71. The van der Waals surface area contributed by atoms with E-state index in [2.05, 4.69) is 11.4 Å². The molecular weight excluding hydrogens is 281 g/mol. The maximum atomic E-state index is 12.8. The zero-order chi connectivity index (χ0) is 15.9. The van der Waals surface area contributed by atoms with Gasteiger partial charge in [-0.2, -0.15) is 5.26 Å². The minimum atomic E-state index is -0.337. The largest absolute Gasteiger partial charge is 0.325 e. The Bertz CT molecular complexity index is 675. The molecular formula is C17H16FN3O. The number of carbonyl (C=O) groups excluding carboxylic acids is 1. The van der Waals surface area contributed by atoms with Crippen molar-refractivity contribution in [2.45, 2.75) is 6.54 Å². The fourth-order valence-corrected chi connectivity index (χ4v) is 2.03. The molecule has 0 aliphatic carbocycles. The summed E-state index contributed by atoms with van der Waals surface area (Å²) >= 11 is 0. The van der Waals surface area contributed by atoms with Crippen LogP contribution in [0.3, 0.4) is 0 Å². The highest BCUT2D eigenvalue weighted by Crippen LogP contribution is 2.09. The molecule has 0 aromatic heterocycles. The van der Waals surface area contributed by atoms with Gasteiger partial charge in [0.15, 0.2) is 0 Å². The molecule has 22 heavy (non-hydrogen) atoms. The SMILES string of the molecule is CN(CC(=O)Nc1ccc(F)cc1)Cc1ccc(C#N)cc1. The number of hydrogen-bond acceptors (Lipinski definition) is 3. The van der Waals surface area contributed by atoms with E-state index in [1.54, 1.807) is 12.1 Å². The number of anilines is 1. The van der Waals surface area contributed by atoms with Crippen LogP contribution in [0.5, 0.6) is 0 Å². The molecule has 1 amide bonds. The molecule has 0 saturated carbocycles. The van der Waals surface area contributed by atoms with Crippen molar-refractivity contribution in [1.82, 2.24) is 4.90 Å². The number of likely N-dealkylation sites (N-methyl/N-ethyl adjacent to an activating group) is 1. The van der Waals surface area contributed by atoms with Crippen LogP contribution in [0.25, 0.3) is 0 Å². The van der Waals surface area contributed by atoms with Crippen LogP contribution in [-0.2, 0) is 11.3 Å². The van der Waals surface area contributed by atoms with Crippen LogP contribution in [0.2, 0.25) is 0 Å². The number of benzene rings is 2. The molecule has 0 unspecified atom stereocenters. The number of amides is 1. The molecule has 0 aliphatic heterocycles. The van der Waals surface area contributed by atoms with E-state index >= 15 is 0 Å². The summed E-state index contributed by atoms with van der Waals surface area (Å²) in [6.07, 6.45) is 0. The highest BCUT2D eigenvalue weighted by Gasteiger charge is 2.08. The quantitative estimate of drug-likeness (QED) is 0.923. The number of hydrogen-bond donors (Lipinski definition) is 1. The third-order valence-corrected chi connectivity index (χ3v) is 3.08. The van der Waals surface area contributed by atoms with Gasteiger partial charge in [0, 0.05) is 12.2 Å². The molecule has 0 aliphatic rings. The van der Waals surface area contributed by atoms with E-state index in [1.165, 1.54) is 24.3 Å². The van der Waals surface area contributed by atoms with Crippen LogP contribution < -0.4 is 5.32 Å². The van der Waals surface area contributed by atoms with E-state index in [1.807, 2.05) is 24.1 Å². The Balaban J connectivity index is 1.85. The predicted octanol–water partition coefficient (Wildman–Crippen LogP) is 2.77. The summed E-state index contributed by atoms with van der Waals surface area (Å²) in [5.74, 6) is -0.501. The fourth-order valence-electron chi connectivity index (χ4n) is 2.03. The second-order valence-corrected chi connectivity index (χ2v) is 5.04. The second kappa shape index (κ2) is 7.34. The zero-order valence-electron chi connectivity index (χ0n) is 12.2. The van der Waals surface area contributed by atoms with E-state index in [4.69, 9.17) is 5.26 Å². The van der Waals surface area contributed by atoms with Crippen LogP contribution in [-0.4, -0.2) is 24.4 Å². The predicted molar refractivity (Wildman–Crippen MR) is 82.5 cm³/mol. The molecule has 1 N–H and O–H groups in total. The van der Waals surface area contributed by atoms with Gasteiger partial charge in [-0.05, 0) is 49.0 Å². The maximum Gasteiger partial charge on any atom is 0.238 e. The van der Waals surface area contributed by atoms with Gasteiger partial charge in [-0.15, -0.1) is 0 Å². The van der Waals surface area contributed by atoms with Gasteiger partial charge in [-0.25, -0.2) is 4.39 Å². The van der Waals surface area contributed by atoms with Crippen LogP contribution >= 0.6 is 0 Å². The molecule has 0 heterocycles. The van der Waals surface area contributed by atoms with Crippen LogP contribution in [0.1, 0.15) is 11.1 Å². The molecule has 2 aromatic rings. The van der Waals surface area contributed by atoms with Crippen molar-refractivity contribution in [2.75, 3.05) is 18.9 Å². The summed E-state index contributed by atoms with van der Waals surface area (Å²) in [5, 5.41) is 11.5.